The van der Waals surface area contributed by atoms with Gasteiger partial charge in [-0.1, -0.05) is 25.0 Å². The molecule has 2 atom stereocenters. The largest absolute Gasteiger partial charge is 0.343 e. The highest BCUT2D eigenvalue weighted by Crippen LogP contribution is 2.57. The molecule has 2 unspecified atom stereocenters. The molecule has 0 saturated heterocycles. The molecule has 3 fully saturated rings. The molecule has 224 valence electrons. The Morgan fingerprint density at radius 3 is 2.45 bits per heavy atom. The zero-order valence-corrected chi connectivity index (χ0v) is 24.3. The summed E-state index contributed by atoms with van der Waals surface area (Å²) in [4.78, 5) is 28.0. The minimum atomic E-state index is -2.88. The Labute approximate surface area is 244 Å². The van der Waals surface area contributed by atoms with Crippen molar-refractivity contribution in [2.75, 3.05) is 12.4 Å². The van der Waals surface area contributed by atoms with Crippen molar-refractivity contribution in [3.05, 3.63) is 69.9 Å². The van der Waals surface area contributed by atoms with Crippen molar-refractivity contribution >= 4 is 23.1 Å². The molecule has 1 aromatic carbocycles. The molecule has 10 heteroatoms. The molecule has 4 aliphatic rings. The summed E-state index contributed by atoms with van der Waals surface area (Å²) < 4.78 is 44.5. The van der Waals surface area contributed by atoms with Gasteiger partial charge in [-0.05, 0) is 74.8 Å². The minimum absolute atomic E-state index is 0.252. The number of benzene rings is 1. The summed E-state index contributed by atoms with van der Waals surface area (Å²) in [6.07, 6.45) is 5.89. The van der Waals surface area contributed by atoms with E-state index in [1.165, 1.54) is 24.3 Å². The molecule has 6 rings (SSSR count). The Hall–Kier alpha value is -3.53. The van der Waals surface area contributed by atoms with Crippen LogP contribution in [0.2, 0.25) is 0 Å². The predicted octanol–water partition coefficient (Wildman–Crippen LogP) is 5.93. The Morgan fingerprint density at radius 2 is 1.86 bits per heavy atom. The zero-order valence-electron chi connectivity index (χ0n) is 24.3. The van der Waals surface area contributed by atoms with Gasteiger partial charge in [-0.2, -0.15) is 0 Å². The first-order chi connectivity index (χ1) is 20.1. The van der Waals surface area contributed by atoms with E-state index < -0.39 is 24.3 Å². The van der Waals surface area contributed by atoms with Crippen LogP contribution in [0.1, 0.15) is 91.5 Å². The molecule has 2 heterocycles. The molecule has 0 bridgehead atoms. The Balaban J connectivity index is 1.38. The number of allylic oxidation sites excluding steroid dienone is 2. The lowest BCUT2D eigenvalue weighted by Gasteiger charge is -2.49. The van der Waals surface area contributed by atoms with Gasteiger partial charge in [0.15, 0.2) is 0 Å². The van der Waals surface area contributed by atoms with Crippen LogP contribution in [-0.2, 0) is 11.3 Å². The van der Waals surface area contributed by atoms with Crippen LogP contribution in [0.15, 0.2) is 41.6 Å². The number of hydrazine groups is 1. The number of alkyl halides is 2. The molecule has 4 N–H and O–H groups in total. The topological polar surface area (TPSA) is 87.2 Å². The first-order valence-electron chi connectivity index (χ1n) is 14.9. The number of rotatable bonds is 10. The average molecular weight is 582 g/mol. The molecule has 2 amide bonds. The third-order valence-electron chi connectivity index (χ3n) is 9.23. The van der Waals surface area contributed by atoms with Crippen LogP contribution >= 0.6 is 0 Å². The smallest absolute Gasteiger partial charge is 0.257 e. The minimum Gasteiger partial charge on any atom is -0.343 e. The highest BCUT2D eigenvalue weighted by Gasteiger charge is 2.60. The van der Waals surface area contributed by atoms with Gasteiger partial charge in [0.05, 0.1) is 22.4 Å². The molecule has 42 heavy (non-hydrogen) atoms. The first-order valence-corrected chi connectivity index (χ1v) is 14.9. The van der Waals surface area contributed by atoms with Crippen molar-refractivity contribution in [2.24, 2.45) is 5.92 Å². The fourth-order valence-electron chi connectivity index (χ4n) is 6.98. The molecule has 3 aliphatic carbocycles. The van der Waals surface area contributed by atoms with Crippen LogP contribution in [0, 0.1) is 18.7 Å². The van der Waals surface area contributed by atoms with Gasteiger partial charge in [-0.25, -0.2) is 18.6 Å². The molecule has 3 saturated carbocycles. The van der Waals surface area contributed by atoms with Gasteiger partial charge in [-0.15, -0.1) is 0 Å². The normalized spacial score (nSPS) is 22.8. The summed E-state index contributed by atoms with van der Waals surface area (Å²) in [6, 6.07) is 5.63. The third-order valence-corrected chi connectivity index (χ3v) is 9.23. The number of unbranched alkanes of at least 4 members (excludes halogenated alkanes) is 1. The molecular formula is C32H38F3N5O2. The van der Waals surface area contributed by atoms with E-state index in [1.54, 1.807) is 7.05 Å². The van der Waals surface area contributed by atoms with Crippen molar-refractivity contribution in [2.45, 2.75) is 89.1 Å². The van der Waals surface area contributed by atoms with Crippen molar-refractivity contribution in [3.63, 3.8) is 0 Å². The van der Waals surface area contributed by atoms with Crippen LogP contribution in [0.4, 0.5) is 18.9 Å². The Morgan fingerprint density at radius 1 is 1.14 bits per heavy atom. The predicted molar refractivity (Wildman–Crippen MR) is 155 cm³/mol. The highest BCUT2D eigenvalue weighted by atomic mass is 19.3. The number of nitrogens with zero attached hydrogens (tertiary/aromatic N) is 1. The van der Waals surface area contributed by atoms with E-state index in [0.717, 1.165) is 55.6 Å². The number of carbonyl (C=O) groups is 2. The van der Waals surface area contributed by atoms with E-state index in [0.29, 0.717) is 40.4 Å². The second-order valence-corrected chi connectivity index (χ2v) is 12.3. The van der Waals surface area contributed by atoms with Crippen molar-refractivity contribution < 1.29 is 22.8 Å². The van der Waals surface area contributed by atoms with Crippen LogP contribution in [-0.4, -0.2) is 34.9 Å². The van der Waals surface area contributed by atoms with E-state index in [2.05, 4.69) is 26.1 Å². The number of fused-ring (bicyclic) bond motifs is 3. The maximum Gasteiger partial charge on any atom is 0.257 e. The van der Waals surface area contributed by atoms with E-state index in [9.17, 15) is 22.8 Å². The number of carbonyl (C=O) groups excluding carboxylic acids is 2. The number of nitrogens with one attached hydrogen (secondary N) is 4. The van der Waals surface area contributed by atoms with Crippen LogP contribution in [0.3, 0.4) is 0 Å². The van der Waals surface area contributed by atoms with Gasteiger partial charge >= 0.3 is 0 Å². The monoisotopic (exact) mass is 581 g/mol. The Kier molecular flexibility index (Phi) is 7.23. The molecule has 0 radical (unpaired) electrons. The molecule has 0 spiro atoms. The maximum absolute atomic E-state index is 14.4. The van der Waals surface area contributed by atoms with Gasteiger partial charge in [0.25, 0.3) is 17.7 Å². The molecular weight excluding hydrogens is 543 g/mol. The summed E-state index contributed by atoms with van der Waals surface area (Å²) >= 11 is 0. The van der Waals surface area contributed by atoms with Gasteiger partial charge < -0.3 is 20.6 Å². The zero-order chi connectivity index (χ0) is 29.8. The van der Waals surface area contributed by atoms with Crippen LogP contribution in [0.5, 0.6) is 0 Å². The Bertz CT molecular complexity index is 1480. The van der Waals surface area contributed by atoms with E-state index >= 15 is 0 Å². The van der Waals surface area contributed by atoms with Gasteiger partial charge in [-0.3, -0.25) is 9.59 Å². The van der Waals surface area contributed by atoms with Crippen molar-refractivity contribution in [1.29, 1.82) is 0 Å². The second kappa shape index (κ2) is 10.6. The van der Waals surface area contributed by atoms with Crippen molar-refractivity contribution in [3.8, 4) is 0 Å². The third kappa shape index (κ3) is 4.93. The summed E-state index contributed by atoms with van der Waals surface area (Å²) in [7, 11) is 1.67. The van der Waals surface area contributed by atoms with Gasteiger partial charge in [0.1, 0.15) is 5.82 Å². The number of halogens is 3. The maximum atomic E-state index is 14.4. The summed E-state index contributed by atoms with van der Waals surface area (Å²) in [5.41, 5.74) is 10.1. The van der Waals surface area contributed by atoms with Gasteiger partial charge in [0.2, 0.25) is 0 Å². The first kappa shape index (κ1) is 28.6. The van der Waals surface area contributed by atoms with Crippen LogP contribution < -0.4 is 21.5 Å². The number of hydrogen-bond acceptors (Lipinski definition) is 4. The van der Waals surface area contributed by atoms with E-state index in [-0.39, 0.29) is 23.5 Å². The van der Waals surface area contributed by atoms with E-state index in [1.807, 2.05) is 19.9 Å². The van der Waals surface area contributed by atoms with Gasteiger partial charge in [0, 0.05) is 49.4 Å². The average Bonchev–Trinajstić information content (AvgIpc) is 3.47. The number of aromatic nitrogens is 1. The second-order valence-electron chi connectivity index (χ2n) is 12.3. The molecule has 1 aromatic heterocycles. The summed E-state index contributed by atoms with van der Waals surface area (Å²) in [5.74, 6) is -3.26. The van der Waals surface area contributed by atoms with Crippen molar-refractivity contribution in [1.82, 2.24) is 20.7 Å². The summed E-state index contributed by atoms with van der Waals surface area (Å²) in [5, 5.41) is 5.96. The fourth-order valence-corrected chi connectivity index (χ4v) is 6.98. The lowest BCUT2D eigenvalue weighted by Crippen LogP contribution is -2.66. The number of anilines is 1. The van der Waals surface area contributed by atoms with Crippen LogP contribution in [0.25, 0.3) is 5.57 Å². The number of amides is 2. The van der Waals surface area contributed by atoms with E-state index in [4.69, 9.17) is 0 Å². The quantitative estimate of drug-likeness (QED) is 0.207. The standard InChI is InChI=1S/C32H38F3N5O2/c1-4-5-9-24(39-36-3)31(16-32(34,35)17-31)38-30(42)26(19-7-6-8-19)27-18(2)25(28-23-14-20(23)15-40(27)28)29(41)37-22-12-10-21(33)11-13-22/h9-13,20,23,36,39H,4-8,14-17H2,1-3H3,(H,37,41)(H,38,42)/b24-9-. The summed E-state index contributed by atoms with van der Waals surface area (Å²) in [6.45, 7) is 4.60. The highest BCUT2D eigenvalue weighted by molar-refractivity contribution is 6.22. The molecule has 1 aliphatic heterocycles. The lowest BCUT2D eigenvalue weighted by molar-refractivity contribution is -0.137. The molecule has 2 aromatic rings. The lowest BCUT2D eigenvalue weighted by atomic mass is 9.70. The number of hydrogen-bond donors (Lipinski definition) is 4. The SMILES string of the molecule is CCC/C=C(\NNC)C1(NC(=O)C(=C2CCC2)c2c(C)c(C(=O)Nc3ccc(F)cc3)c3n2CC2CC32)CC(F)(F)C1. The fraction of sp³-hybridized carbons (Fsp3) is 0.500. The molecule has 7 nitrogen and oxygen atoms in total.